The predicted molar refractivity (Wildman–Crippen MR) is 56.2 cm³/mol. The van der Waals surface area contributed by atoms with Gasteiger partial charge in [0, 0.05) is 0 Å². The SMILES string of the molecule is CC(C)CNCCCNCC(F)(F)C(F)(F)F. The van der Waals surface area contributed by atoms with E-state index >= 15 is 0 Å². The molecular formula is C10H19F5N2. The summed E-state index contributed by atoms with van der Waals surface area (Å²) in [4.78, 5) is 0. The van der Waals surface area contributed by atoms with Gasteiger partial charge < -0.3 is 10.6 Å². The van der Waals surface area contributed by atoms with Crippen LogP contribution in [0.15, 0.2) is 0 Å². The fourth-order valence-electron chi connectivity index (χ4n) is 1.07. The quantitative estimate of drug-likeness (QED) is 0.518. The first-order chi connectivity index (χ1) is 7.67. The molecule has 0 aromatic heterocycles. The van der Waals surface area contributed by atoms with Crippen LogP contribution in [0.5, 0.6) is 0 Å². The zero-order valence-electron chi connectivity index (χ0n) is 10.0. The Kier molecular flexibility index (Phi) is 6.92. The summed E-state index contributed by atoms with van der Waals surface area (Å²) in [5, 5.41) is 5.17. The molecule has 0 unspecified atom stereocenters. The highest BCUT2D eigenvalue weighted by atomic mass is 19.4. The molecule has 0 saturated heterocycles. The summed E-state index contributed by atoms with van der Waals surface area (Å²) in [6.45, 7) is 4.23. The van der Waals surface area contributed by atoms with E-state index in [9.17, 15) is 22.0 Å². The summed E-state index contributed by atoms with van der Waals surface area (Å²) in [5.41, 5.74) is 0. The maximum atomic E-state index is 12.4. The van der Waals surface area contributed by atoms with Gasteiger partial charge in [0.15, 0.2) is 0 Å². The molecule has 0 saturated carbocycles. The lowest BCUT2D eigenvalue weighted by Gasteiger charge is -2.19. The molecule has 0 bridgehead atoms. The molecular weight excluding hydrogens is 243 g/mol. The number of hydrogen-bond donors (Lipinski definition) is 2. The average molecular weight is 262 g/mol. The summed E-state index contributed by atoms with van der Waals surface area (Å²) >= 11 is 0. The number of alkyl halides is 5. The second-order valence-corrected chi connectivity index (χ2v) is 4.33. The molecule has 0 fully saturated rings. The monoisotopic (exact) mass is 262 g/mol. The summed E-state index contributed by atoms with van der Waals surface area (Å²) in [7, 11) is 0. The summed E-state index contributed by atoms with van der Waals surface area (Å²) in [6, 6.07) is 0. The van der Waals surface area contributed by atoms with Crippen molar-refractivity contribution in [3.63, 3.8) is 0 Å². The van der Waals surface area contributed by atoms with Crippen LogP contribution in [-0.4, -0.2) is 38.3 Å². The Morgan fingerprint density at radius 3 is 1.94 bits per heavy atom. The van der Waals surface area contributed by atoms with Crippen LogP contribution >= 0.6 is 0 Å². The first-order valence-corrected chi connectivity index (χ1v) is 5.53. The fraction of sp³-hybridized carbons (Fsp3) is 1.00. The smallest absolute Gasteiger partial charge is 0.316 e. The Morgan fingerprint density at radius 1 is 0.941 bits per heavy atom. The minimum Gasteiger partial charge on any atom is -0.316 e. The normalized spacial score (nSPS) is 13.4. The Bertz CT molecular complexity index is 203. The van der Waals surface area contributed by atoms with Crippen molar-refractivity contribution in [2.24, 2.45) is 5.92 Å². The van der Waals surface area contributed by atoms with Crippen molar-refractivity contribution in [2.45, 2.75) is 32.4 Å². The third kappa shape index (κ3) is 7.49. The van der Waals surface area contributed by atoms with E-state index in [0.29, 0.717) is 18.9 Å². The van der Waals surface area contributed by atoms with Crippen molar-refractivity contribution in [1.29, 1.82) is 0 Å². The fourth-order valence-corrected chi connectivity index (χ4v) is 1.07. The molecule has 0 rings (SSSR count). The third-order valence-corrected chi connectivity index (χ3v) is 2.02. The Morgan fingerprint density at radius 2 is 1.47 bits per heavy atom. The van der Waals surface area contributed by atoms with Gasteiger partial charge in [0.25, 0.3) is 0 Å². The van der Waals surface area contributed by atoms with E-state index in [1.807, 2.05) is 13.8 Å². The lowest BCUT2D eigenvalue weighted by molar-refractivity contribution is -0.279. The van der Waals surface area contributed by atoms with E-state index in [2.05, 4.69) is 10.6 Å². The molecule has 0 heterocycles. The molecule has 7 heteroatoms. The first kappa shape index (κ1) is 16.6. The third-order valence-electron chi connectivity index (χ3n) is 2.02. The van der Waals surface area contributed by atoms with Crippen LogP contribution in [0.4, 0.5) is 22.0 Å². The molecule has 2 N–H and O–H groups in total. The van der Waals surface area contributed by atoms with E-state index in [4.69, 9.17) is 0 Å². The molecule has 17 heavy (non-hydrogen) atoms. The van der Waals surface area contributed by atoms with Gasteiger partial charge in [-0.2, -0.15) is 22.0 Å². The molecule has 2 nitrogen and oxygen atoms in total. The second kappa shape index (κ2) is 7.10. The molecule has 0 aliphatic carbocycles. The maximum absolute atomic E-state index is 12.4. The van der Waals surface area contributed by atoms with E-state index < -0.39 is 18.6 Å². The van der Waals surface area contributed by atoms with Crippen molar-refractivity contribution in [3.8, 4) is 0 Å². The second-order valence-electron chi connectivity index (χ2n) is 4.33. The van der Waals surface area contributed by atoms with Crippen LogP contribution in [0.2, 0.25) is 0 Å². The molecule has 0 aromatic carbocycles. The number of hydrogen-bond acceptors (Lipinski definition) is 2. The zero-order valence-corrected chi connectivity index (χ0v) is 10.0. The molecule has 0 aliphatic rings. The van der Waals surface area contributed by atoms with Gasteiger partial charge in [0.1, 0.15) is 0 Å². The number of nitrogens with one attached hydrogen (secondary N) is 2. The number of halogens is 5. The highest BCUT2D eigenvalue weighted by Crippen LogP contribution is 2.34. The Labute approximate surface area is 98.0 Å². The molecule has 104 valence electrons. The zero-order chi connectivity index (χ0) is 13.5. The largest absolute Gasteiger partial charge is 0.454 e. The average Bonchev–Trinajstić information content (AvgIpc) is 2.13. The van der Waals surface area contributed by atoms with Crippen molar-refractivity contribution in [2.75, 3.05) is 26.2 Å². The van der Waals surface area contributed by atoms with Crippen LogP contribution in [-0.2, 0) is 0 Å². The predicted octanol–water partition coefficient (Wildman–Crippen LogP) is 2.41. The molecule has 0 aromatic rings. The summed E-state index contributed by atoms with van der Waals surface area (Å²) in [5.74, 6) is -4.17. The van der Waals surface area contributed by atoms with Crippen molar-refractivity contribution < 1.29 is 22.0 Å². The Balaban J connectivity index is 3.52. The van der Waals surface area contributed by atoms with Gasteiger partial charge in [0.05, 0.1) is 6.54 Å². The van der Waals surface area contributed by atoms with E-state index in [0.717, 1.165) is 6.54 Å². The Hall–Kier alpha value is -0.430. The molecule has 0 atom stereocenters. The number of rotatable bonds is 8. The minimum atomic E-state index is -5.48. The van der Waals surface area contributed by atoms with Crippen LogP contribution in [0.1, 0.15) is 20.3 Å². The van der Waals surface area contributed by atoms with Crippen LogP contribution < -0.4 is 10.6 Å². The van der Waals surface area contributed by atoms with Crippen molar-refractivity contribution in [3.05, 3.63) is 0 Å². The van der Waals surface area contributed by atoms with Gasteiger partial charge in [-0.3, -0.25) is 0 Å². The summed E-state index contributed by atoms with van der Waals surface area (Å²) < 4.78 is 60.1. The standard InChI is InChI=1S/C10H19F5N2/c1-8(2)6-16-4-3-5-17-7-9(11,12)10(13,14)15/h8,16-17H,3-7H2,1-2H3. The van der Waals surface area contributed by atoms with Gasteiger partial charge in [-0.25, -0.2) is 0 Å². The maximum Gasteiger partial charge on any atom is 0.454 e. The molecule has 0 spiro atoms. The molecule has 0 aliphatic heterocycles. The summed E-state index contributed by atoms with van der Waals surface area (Å²) in [6.07, 6.45) is -4.96. The van der Waals surface area contributed by atoms with Gasteiger partial charge in [-0.15, -0.1) is 0 Å². The van der Waals surface area contributed by atoms with Crippen LogP contribution in [0, 0.1) is 5.92 Å². The topological polar surface area (TPSA) is 24.1 Å². The van der Waals surface area contributed by atoms with Crippen LogP contribution in [0.3, 0.4) is 0 Å². The molecule has 0 amide bonds. The van der Waals surface area contributed by atoms with Crippen LogP contribution in [0.25, 0.3) is 0 Å². The lowest BCUT2D eigenvalue weighted by atomic mass is 10.2. The highest BCUT2D eigenvalue weighted by Gasteiger charge is 2.56. The van der Waals surface area contributed by atoms with Gasteiger partial charge in [-0.1, -0.05) is 13.8 Å². The van der Waals surface area contributed by atoms with E-state index in [1.165, 1.54) is 0 Å². The van der Waals surface area contributed by atoms with E-state index in [1.54, 1.807) is 0 Å². The first-order valence-electron chi connectivity index (χ1n) is 5.53. The highest BCUT2D eigenvalue weighted by molar-refractivity contribution is 4.78. The van der Waals surface area contributed by atoms with Gasteiger partial charge in [0.2, 0.25) is 0 Å². The van der Waals surface area contributed by atoms with E-state index in [-0.39, 0.29) is 6.54 Å². The lowest BCUT2D eigenvalue weighted by Crippen LogP contribution is -2.45. The molecule has 0 radical (unpaired) electrons. The van der Waals surface area contributed by atoms with Crippen molar-refractivity contribution in [1.82, 2.24) is 10.6 Å². The van der Waals surface area contributed by atoms with Crippen molar-refractivity contribution >= 4 is 0 Å². The minimum absolute atomic E-state index is 0.136. The van der Waals surface area contributed by atoms with Gasteiger partial charge in [-0.05, 0) is 32.0 Å². The van der Waals surface area contributed by atoms with Gasteiger partial charge >= 0.3 is 12.1 Å².